The topological polar surface area (TPSA) is 91.4 Å². The van der Waals surface area contributed by atoms with E-state index in [1.54, 1.807) is 14.0 Å². The van der Waals surface area contributed by atoms with Gasteiger partial charge < -0.3 is 5.32 Å². The summed E-state index contributed by atoms with van der Waals surface area (Å²) in [5, 5.41) is 3.08. The third-order valence-electron chi connectivity index (χ3n) is 4.09. The number of aromatic nitrogens is 1. The Morgan fingerprint density at radius 3 is 2.25 bits per heavy atom. The van der Waals surface area contributed by atoms with Crippen LogP contribution in [0.25, 0.3) is 11.1 Å². The number of aryl methyl sites for hydroxylation is 1. The maximum absolute atomic E-state index is 12.5. The molecule has 0 unspecified atom stereocenters. The van der Waals surface area contributed by atoms with Gasteiger partial charge in [0.1, 0.15) is 0 Å². The van der Waals surface area contributed by atoms with Crippen LogP contribution in [0.5, 0.6) is 0 Å². The van der Waals surface area contributed by atoms with Crippen LogP contribution in [0, 0.1) is 6.92 Å². The largest absolute Gasteiger partial charge is 0.327 e. The van der Waals surface area contributed by atoms with Crippen molar-refractivity contribution < 1.29 is 13.2 Å². The lowest BCUT2D eigenvalue weighted by Crippen LogP contribution is -2.31. The van der Waals surface area contributed by atoms with Gasteiger partial charge in [0.15, 0.2) is 9.34 Å². The smallest absolute Gasteiger partial charge is 0.307 e. The number of urea groups is 1. The van der Waals surface area contributed by atoms with Gasteiger partial charge in [0.2, 0.25) is 0 Å². The summed E-state index contributed by atoms with van der Waals surface area (Å²) < 4.78 is 26.4. The minimum absolute atomic E-state index is 0.0943. The summed E-state index contributed by atoms with van der Waals surface area (Å²) in [7, 11) is -0.729. The van der Waals surface area contributed by atoms with E-state index in [1.165, 1.54) is 11.9 Å². The summed E-state index contributed by atoms with van der Waals surface area (Å²) in [6, 6.07) is 17.0. The van der Waals surface area contributed by atoms with E-state index in [1.807, 2.05) is 54.6 Å². The number of rotatable bonds is 5. The number of nitrogens with one attached hydrogen (secondary N) is 2. The fourth-order valence-electron chi connectivity index (χ4n) is 2.52. The number of sulfonamides is 1. The van der Waals surface area contributed by atoms with E-state index in [2.05, 4.69) is 15.0 Å². The second-order valence-corrected chi connectivity index (χ2v) is 9.07. The lowest BCUT2D eigenvalue weighted by atomic mass is 10.1. The standard InChI is InChI=1S/C19H20N4O3S2/c1-13-17(28(25,26)20-2)27-19(21-13)23(3)18(24)22-16-11-9-15(10-12-16)14-7-5-4-6-8-14/h4-12,20H,1-3H3,(H,22,24). The number of thiazole rings is 1. The summed E-state index contributed by atoms with van der Waals surface area (Å²) in [6.45, 7) is 1.60. The van der Waals surface area contributed by atoms with Gasteiger partial charge in [-0.25, -0.2) is 22.9 Å². The first-order chi connectivity index (χ1) is 13.3. The van der Waals surface area contributed by atoms with Gasteiger partial charge in [-0.2, -0.15) is 0 Å². The molecule has 146 valence electrons. The molecule has 0 atom stereocenters. The third kappa shape index (κ3) is 4.22. The highest BCUT2D eigenvalue weighted by Crippen LogP contribution is 2.29. The van der Waals surface area contributed by atoms with Crippen molar-refractivity contribution in [1.82, 2.24) is 9.71 Å². The van der Waals surface area contributed by atoms with Crippen LogP contribution in [-0.4, -0.2) is 33.5 Å². The molecular formula is C19H20N4O3S2. The molecule has 3 rings (SSSR count). The fourth-order valence-corrected chi connectivity index (χ4v) is 4.82. The Hall–Kier alpha value is -2.75. The third-order valence-corrected chi connectivity index (χ3v) is 7.35. The van der Waals surface area contributed by atoms with Crippen LogP contribution in [0.15, 0.2) is 58.8 Å². The Kier molecular flexibility index (Phi) is 5.78. The number of benzene rings is 2. The van der Waals surface area contributed by atoms with Gasteiger partial charge >= 0.3 is 6.03 Å². The molecule has 0 bridgehead atoms. The number of carbonyl (C=O) groups excluding carboxylic acids is 1. The fraction of sp³-hybridized carbons (Fsp3) is 0.158. The van der Waals surface area contributed by atoms with E-state index >= 15 is 0 Å². The molecule has 0 spiro atoms. The average Bonchev–Trinajstić information content (AvgIpc) is 3.11. The number of anilines is 2. The van der Waals surface area contributed by atoms with E-state index < -0.39 is 16.1 Å². The van der Waals surface area contributed by atoms with E-state index in [-0.39, 0.29) is 4.21 Å². The highest BCUT2D eigenvalue weighted by Gasteiger charge is 2.23. The van der Waals surface area contributed by atoms with Crippen molar-refractivity contribution in [2.45, 2.75) is 11.1 Å². The van der Waals surface area contributed by atoms with Gasteiger partial charge in [0, 0.05) is 12.7 Å². The number of hydrogen-bond donors (Lipinski definition) is 2. The van der Waals surface area contributed by atoms with E-state index in [0.717, 1.165) is 22.5 Å². The van der Waals surface area contributed by atoms with Gasteiger partial charge in [0.05, 0.1) is 5.69 Å². The summed E-state index contributed by atoms with van der Waals surface area (Å²) >= 11 is 0.941. The first-order valence-corrected chi connectivity index (χ1v) is 10.7. The van der Waals surface area contributed by atoms with Gasteiger partial charge in [-0.05, 0) is 37.2 Å². The molecule has 0 saturated carbocycles. The molecule has 0 aliphatic heterocycles. The van der Waals surface area contributed by atoms with Crippen LogP contribution in [0.3, 0.4) is 0 Å². The molecule has 1 heterocycles. The van der Waals surface area contributed by atoms with Crippen LogP contribution in [0.2, 0.25) is 0 Å². The van der Waals surface area contributed by atoms with Crippen molar-refractivity contribution in [1.29, 1.82) is 0 Å². The Balaban J connectivity index is 1.74. The second kappa shape index (κ2) is 8.09. The normalized spacial score (nSPS) is 11.2. The average molecular weight is 417 g/mol. The zero-order chi connectivity index (χ0) is 20.3. The van der Waals surface area contributed by atoms with Crippen LogP contribution in [-0.2, 0) is 10.0 Å². The number of nitrogens with zero attached hydrogens (tertiary/aromatic N) is 2. The molecule has 28 heavy (non-hydrogen) atoms. The Morgan fingerprint density at radius 1 is 1.04 bits per heavy atom. The van der Waals surface area contributed by atoms with Crippen molar-refractivity contribution in [3.63, 3.8) is 0 Å². The van der Waals surface area contributed by atoms with Gasteiger partial charge in [-0.1, -0.05) is 53.8 Å². The Bertz CT molecular complexity index is 1080. The quantitative estimate of drug-likeness (QED) is 0.663. The maximum atomic E-state index is 12.5. The summed E-state index contributed by atoms with van der Waals surface area (Å²) in [6.07, 6.45) is 0. The molecule has 0 aliphatic rings. The number of amides is 2. The number of hydrogen-bond acceptors (Lipinski definition) is 5. The molecule has 0 fully saturated rings. The molecule has 0 saturated heterocycles. The Labute approximate surface area is 168 Å². The number of carbonyl (C=O) groups is 1. The minimum Gasteiger partial charge on any atom is -0.307 e. The van der Waals surface area contributed by atoms with Crippen LogP contribution in [0.1, 0.15) is 5.69 Å². The molecule has 3 aromatic rings. The lowest BCUT2D eigenvalue weighted by molar-refractivity contribution is 0.258. The minimum atomic E-state index is -3.61. The molecular weight excluding hydrogens is 396 g/mol. The van der Waals surface area contributed by atoms with Crippen molar-refractivity contribution in [2.24, 2.45) is 0 Å². The zero-order valence-corrected chi connectivity index (χ0v) is 17.3. The molecule has 2 aromatic carbocycles. The Morgan fingerprint density at radius 2 is 1.64 bits per heavy atom. The molecule has 0 radical (unpaired) electrons. The molecule has 0 aliphatic carbocycles. The zero-order valence-electron chi connectivity index (χ0n) is 15.6. The summed E-state index contributed by atoms with van der Waals surface area (Å²) in [5.41, 5.74) is 3.12. The molecule has 9 heteroatoms. The summed E-state index contributed by atoms with van der Waals surface area (Å²) in [5.74, 6) is 0. The van der Waals surface area contributed by atoms with E-state index in [0.29, 0.717) is 16.5 Å². The lowest BCUT2D eigenvalue weighted by Gasteiger charge is -2.15. The monoisotopic (exact) mass is 416 g/mol. The molecule has 2 amide bonds. The van der Waals surface area contributed by atoms with E-state index in [4.69, 9.17) is 0 Å². The molecule has 2 N–H and O–H groups in total. The molecule has 7 nitrogen and oxygen atoms in total. The van der Waals surface area contributed by atoms with Crippen LogP contribution in [0.4, 0.5) is 15.6 Å². The maximum Gasteiger partial charge on any atom is 0.327 e. The van der Waals surface area contributed by atoms with Crippen LogP contribution < -0.4 is 14.9 Å². The van der Waals surface area contributed by atoms with Crippen LogP contribution >= 0.6 is 11.3 Å². The van der Waals surface area contributed by atoms with Crippen molar-refractivity contribution >= 4 is 38.2 Å². The SMILES string of the molecule is CNS(=O)(=O)c1sc(N(C)C(=O)Nc2ccc(-c3ccccc3)cc2)nc1C. The van der Waals surface area contributed by atoms with Crippen molar-refractivity contribution in [3.05, 3.63) is 60.3 Å². The molecule has 1 aromatic heterocycles. The first kappa shape index (κ1) is 20.0. The first-order valence-electron chi connectivity index (χ1n) is 8.43. The highest BCUT2D eigenvalue weighted by atomic mass is 32.2. The van der Waals surface area contributed by atoms with Gasteiger partial charge in [-0.15, -0.1) is 0 Å². The predicted molar refractivity (Wildman–Crippen MR) is 112 cm³/mol. The van der Waals surface area contributed by atoms with Gasteiger partial charge in [0.25, 0.3) is 10.0 Å². The predicted octanol–water partition coefficient (Wildman–Crippen LogP) is 3.69. The van der Waals surface area contributed by atoms with Crippen molar-refractivity contribution in [3.8, 4) is 11.1 Å². The highest BCUT2D eigenvalue weighted by molar-refractivity contribution is 7.91. The van der Waals surface area contributed by atoms with Gasteiger partial charge in [-0.3, -0.25) is 4.90 Å². The second-order valence-electron chi connectivity index (χ2n) is 6.01. The van der Waals surface area contributed by atoms with Crippen molar-refractivity contribution in [2.75, 3.05) is 24.3 Å². The summed E-state index contributed by atoms with van der Waals surface area (Å²) in [4.78, 5) is 18.0. The van der Waals surface area contributed by atoms with E-state index in [9.17, 15) is 13.2 Å².